The minimum Gasteiger partial charge on any atom is -0.593 e. The molecular formula is C26H27F3N2O2S2. The van der Waals surface area contributed by atoms with Crippen molar-refractivity contribution in [2.45, 2.75) is 41.4 Å². The number of likely N-dealkylation sites (tertiary alicyclic amines) is 1. The molecule has 0 spiro atoms. The molecule has 1 heterocycles. The largest absolute Gasteiger partial charge is 0.593 e. The van der Waals surface area contributed by atoms with Crippen molar-refractivity contribution in [1.29, 1.82) is 0 Å². The molecule has 35 heavy (non-hydrogen) atoms. The predicted octanol–water partition coefficient (Wildman–Crippen LogP) is 6.25. The quantitative estimate of drug-likeness (QED) is 0.295. The third-order valence-corrected chi connectivity index (χ3v) is 8.40. The Labute approximate surface area is 209 Å². The van der Waals surface area contributed by atoms with Gasteiger partial charge in [-0.2, -0.15) is 13.2 Å². The van der Waals surface area contributed by atoms with E-state index < -0.39 is 22.1 Å². The van der Waals surface area contributed by atoms with E-state index >= 15 is 0 Å². The van der Waals surface area contributed by atoms with Gasteiger partial charge in [0, 0.05) is 30.6 Å². The SMILES string of the molecule is CSc1ccc(-c2cccc(CN3CCC(N[S+](=O)([O-])c4cccc(C(F)(F)F)c4)CC3)c2)cc1. The van der Waals surface area contributed by atoms with Crippen LogP contribution in [-0.2, 0) is 27.3 Å². The number of nitrogens with zero attached hydrogens (tertiary/aromatic N) is 1. The highest BCUT2D eigenvalue weighted by atomic mass is 32.3. The molecular weight excluding hydrogens is 493 g/mol. The lowest BCUT2D eigenvalue weighted by atomic mass is 10.0. The lowest BCUT2D eigenvalue weighted by Crippen LogP contribution is -2.46. The number of sulfonamides is 1. The van der Waals surface area contributed by atoms with E-state index in [1.54, 1.807) is 11.8 Å². The molecule has 1 unspecified atom stereocenters. The third kappa shape index (κ3) is 6.74. The number of hydrogen-bond donors (Lipinski definition) is 1. The maximum Gasteiger partial charge on any atom is 0.416 e. The summed E-state index contributed by atoms with van der Waals surface area (Å²) in [5.74, 6) is 0. The van der Waals surface area contributed by atoms with Crippen LogP contribution in [-0.4, -0.2) is 34.8 Å². The Morgan fingerprint density at radius 3 is 2.34 bits per heavy atom. The van der Waals surface area contributed by atoms with E-state index in [4.69, 9.17) is 0 Å². The van der Waals surface area contributed by atoms with E-state index in [0.29, 0.717) is 32.0 Å². The van der Waals surface area contributed by atoms with E-state index in [1.807, 2.05) is 6.07 Å². The average molecular weight is 521 g/mol. The van der Waals surface area contributed by atoms with Gasteiger partial charge < -0.3 is 4.55 Å². The van der Waals surface area contributed by atoms with Gasteiger partial charge >= 0.3 is 6.18 Å². The van der Waals surface area contributed by atoms with Crippen LogP contribution in [0.5, 0.6) is 0 Å². The smallest absolute Gasteiger partial charge is 0.416 e. The molecule has 0 aromatic heterocycles. The highest BCUT2D eigenvalue weighted by molar-refractivity contribution is 7.98. The molecule has 0 bridgehead atoms. The number of benzene rings is 3. The lowest BCUT2D eigenvalue weighted by Gasteiger charge is -2.33. The minimum absolute atomic E-state index is 0.313. The summed E-state index contributed by atoms with van der Waals surface area (Å²) in [5.41, 5.74) is 2.52. The zero-order valence-corrected chi connectivity index (χ0v) is 20.9. The van der Waals surface area contributed by atoms with Gasteiger partial charge in [0.25, 0.3) is 0 Å². The van der Waals surface area contributed by atoms with Gasteiger partial charge in [-0.3, -0.25) is 4.90 Å². The van der Waals surface area contributed by atoms with Crippen LogP contribution in [0.3, 0.4) is 0 Å². The fourth-order valence-electron chi connectivity index (χ4n) is 4.23. The van der Waals surface area contributed by atoms with Gasteiger partial charge in [0.1, 0.15) is 0 Å². The van der Waals surface area contributed by atoms with Crippen molar-refractivity contribution in [3.05, 3.63) is 83.9 Å². The molecule has 0 amide bonds. The topological polar surface area (TPSA) is 55.4 Å². The van der Waals surface area contributed by atoms with Crippen LogP contribution < -0.4 is 4.72 Å². The Kier molecular flexibility index (Phi) is 8.02. The Balaban J connectivity index is 1.34. The minimum atomic E-state index is -4.59. The Bertz CT molecular complexity index is 1190. The van der Waals surface area contributed by atoms with Gasteiger partial charge in [-0.05, 0) is 66.1 Å². The van der Waals surface area contributed by atoms with Gasteiger partial charge in [0.2, 0.25) is 0 Å². The molecule has 4 rings (SSSR count). The molecule has 1 aliphatic rings. The fourth-order valence-corrected chi connectivity index (χ4v) is 5.99. The Morgan fingerprint density at radius 2 is 1.69 bits per heavy atom. The second-order valence-electron chi connectivity index (χ2n) is 8.63. The highest BCUT2D eigenvalue weighted by Gasteiger charge is 2.34. The first kappa shape index (κ1) is 25.9. The molecule has 1 aliphatic heterocycles. The summed E-state index contributed by atoms with van der Waals surface area (Å²) >= 11 is 1.71. The molecule has 0 saturated carbocycles. The molecule has 3 aromatic rings. The summed E-state index contributed by atoms with van der Waals surface area (Å²) in [5, 5.41) is 0. The molecule has 3 aromatic carbocycles. The van der Waals surface area contributed by atoms with Crippen LogP contribution >= 0.6 is 11.8 Å². The summed E-state index contributed by atoms with van der Waals surface area (Å²) in [7, 11) is -4.03. The van der Waals surface area contributed by atoms with Gasteiger partial charge in [-0.1, -0.05) is 40.6 Å². The second-order valence-corrected chi connectivity index (χ2v) is 11.2. The maximum atomic E-state index is 13.0. The van der Waals surface area contributed by atoms with Crippen molar-refractivity contribution in [3.8, 4) is 11.1 Å². The van der Waals surface area contributed by atoms with Crippen molar-refractivity contribution in [1.82, 2.24) is 9.62 Å². The molecule has 9 heteroatoms. The predicted molar refractivity (Wildman–Crippen MR) is 134 cm³/mol. The maximum absolute atomic E-state index is 13.0. The number of hydrogen-bond acceptors (Lipinski definition) is 4. The molecule has 1 atom stereocenters. The molecule has 1 fully saturated rings. The number of nitrogens with one attached hydrogen (secondary N) is 1. The standard InChI is InChI=1S/C26H27F3N2O2S2/c1-34-24-10-8-20(9-11-24)21-5-2-4-19(16-21)18-31-14-12-23(13-15-31)30-35(32,33)25-7-3-6-22(17-25)26(27,28)29/h2-11,16-17,23H,12-15,18H2,1H3,(H-,30,32,33). The number of alkyl halides is 3. The number of piperidine rings is 1. The lowest BCUT2D eigenvalue weighted by molar-refractivity contribution is -0.137. The van der Waals surface area contributed by atoms with Crippen LogP contribution in [0.2, 0.25) is 0 Å². The van der Waals surface area contributed by atoms with Gasteiger partial charge in [-0.15, -0.1) is 16.5 Å². The molecule has 1 N–H and O–H groups in total. The van der Waals surface area contributed by atoms with Crippen LogP contribution in [0.1, 0.15) is 24.0 Å². The molecule has 0 aliphatic carbocycles. The van der Waals surface area contributed by atoms with Crippen molar-refractivity contribution < 1.29 is 21.9 Å². The molecule has 4 nitrogen and oxygen atoms in total. The van der Waals surface area contributed by atoms with Crippen molar-refractivity contribution >= 4 is 22.2 Å². The van der Waals surface area contributed by atoms with E-state index in [2.05, 4.69) is 58.3 Å². The molecule has 186 valence electrons. The first-order valence-electron chi connectivity index (χ1n) is 11.3. The third-order valence-electron chi connectivity index (χ3n) is 6.14. The van der Waals surface area contributed by atoms with Crippen LogP contribution in [0.4, 0.5) is 13.2 Å². The van der Waals surface area contributed by atoms with E-state index in [9.17, 15) is 21.9 Å². The van der Waals surface area contributed by atoms with Gasteiger partial charge in [-0.25, -0.2) is 0 Å². The van der Waals surface area contributed by atoms with Gasteiger partial charge in [0.15, 0.2) is 15.3 Å². The normalized spacial score (nSPS) is 17.3. The van der Waals surface area contributed by atoms with Crippen molar-refractivity contribution in [3.63, 3.8) is 0 Å². The zero-order chi connectivity index (χ0) is 25.1. The van der Waals surface area contributed by atoms with Crippen LogP contribution in [0.25, 0.3) is 11.1 Å². The van der Waals surface area contributed by atoms with E-state index in [-0.39, 0.29) is 10.9 Å². The Hall–Kier alpha value is -2.17. The molecule has 0 radical (unpaired) electrons. The summed E-state index contributed by atoms with van der Waals surface area (Å²) in [4.78, 5) is 3.12. The first-order chi connectivity index (χ1) is 16.6. The highest BCUT2D eigenvalue weighted by Crippen LogP contribution is 2.31. The van der Waals surface area contributed by atoms with Crippen LogP contribution in [0, 0.1) is 0 Å². The first-order valence-corrected chi connectivity index (χ1v) is 14.0. The van der Waals surface area contributed by atoms with Crippen molar-refractivity contribution in [2.24, 2.45) is 0 Å². The Morgan fingerprint density at radius 1 is 1.00 bits per heavy atom. The number of thioether (sulfide) groups is 1. The number of halogens is 3. The second kappa shape index (κ2) is 10.8. The average Bonchev–Trinajstić information content (AvgIpc) is 2.85. The van der Waals surface area contributed by atoms with E-state index in [0.717, 1.165) is 29.8 Å². The molecule has 1 saturated heterocycles. The summed E-state index contributed by atoms with van der Waals surface area (Å²) in [6.45, 7) is 2.15. The summed E-state index contributed by atoms with van der Waals surface area (Å²) in [6.07, 6.45) is -1.36. The number of rotatable bonds is 7. The van der Waals surface area contributed by atoms with E-state index in [1.165, 1.54) is 16.5 Å². The summed E-state index contributed by atoms with van der Waals surface area (Å²) in [6, 6.07) is 20.4. The monoisotopic (exact) mass is 520 g/mol. The fraction of sp³-hybridized carbons (Fsp3) is 0.308. The van der Waals surface area contributed by atoms with Gasteiger partial charge in [0.05, 0.1) is 11.6 Å². The zero-order valence-electron chi connectivity index (χ0n) is 19.3. The van der Waals surface area contributed by atoms with Crippen molar-refractivity contribution in [2.75, 3.05) is 19.3 Å². The van der Waals surface area contributed by atoms with Crippen LogP contribution in [0.15, 0.2) is 82.6 Å². The summed E-state index contributed by atoms with van der Waals surface area (Å²) < 4.78 is 66.8.